The van der Waals surface area contributed by atoms with E-state index in [0.29, 0.717) is 0 Å². The van der Waals surface area contributed by atoms with Gasteiger partial charge in [-0.2, -0.15) is 0 Å². The Bertz CT molecular complexity index is 2480. The highest BCUT2D eigenvalue weighted by atomic mass is 15.2. The summed E-state index contributed by atoms with van der Waals surface area (Å²) in [4.78, 5) is 7.35. The van der Waals surface area contributed by atoms with Crippen LogP contribution in [0.2, 0.25) is 0 Å². The number of anilines is 3. The number of nitrogens with zero attached hydrogens (tertiary/aromatic N) is 2. The zero-order valence-electron chi connectivity index (χ0n) is 28.0. The predicted molar refractivity (Wildman–Crippen MR) is 216 cm³/mol. The molecule has 0 aliphatic carbocycles. The minimum atomic E-state index is 0.858. The summed E-state index contributed by atoms with van der Waals surface area (Å²) in [6, 6.07) is 71.6. The number of aromatic nitrogens is 1. The molecule has 8 aromatic carbocycles. The summed E-state index contributed by atoms with van der Waals surface area (Å²) in [5, 5.41) is 4.72. The van der Waals surface area contributed by atoms with Gasteiger partial charge in [-0.15, -0.1) is 0 Å². The van der Waals surface area contributed by atoms with Gasteiger partial charge in [-0.05, 0) is 85.6 Å². The maximum absolute atomic E-state index is 5.00. The minimum absolute atomic E-state index is 0.858. The third-order valence-electron chi connectivity index (χ3n) is 9.68. The number of benzene rings is 8. The summed E-state index contributed by atoms with van der Waals surface area (Å²) in [5.74, 6) is 0.858. The van der Waals surface area contributed by atoms with Crippen molar-refractivity contribution in [3.63, 3.8) is 0 Å². The largest absolute Gasteiger partial charge is 0.294 e. The zero-order valence-corrected chi connectivity index (χ0v) is 28.0. The van der Waals surface area contributed by atoms with Gasteiger partial charge in [0.15, 0.2) is 0 Å². The SMILES string of the molecule is c1ccc(-c2ccc(-c3c4ccccc4c(N(c4cc(-c5ccccc5)cc(-c5ccccc5)c4)c4ccccn4)c4ccccc34)cc2)cc1. The maximum Gasteiger partial charge on any atom is 0.137 e. The van der Waals surface area contributed by atoms with Crippen LogP contribution in [-0.4, -0.2) is 4.98 Å². The van der Waals surface area contributed by atoms with E-state index < -0.39 is 0 Å². The summed E-state index contributed by atoms with van der Waals surface area (Å²) in [5.41, 5.74) is 11.6. The molecule has 0 unspecified atom stereocenters. The highest BCUT2D eigenvalue weighted by Crippen LogP contribution is 2.48. The molecular formula is C49H34N2. The first-order chi connectivity index (χ1) is 25.3. The third kappa shape index (κ3) is 5.73. The molecule has 0 saturated heterocycles. The first-order valence-electron chi connectivity index (χ1n) is 17.4. The quantitative estimate of drug-likeness (QED) is 0.160. The predicted octanol–water partition coefficient (Wildman–Crippen LogP) is 13.5. The Kier molecular flexibility index (Phi) is 7.88. The molecule has 2 nitrogen and oxygen atoms in total. The molecule has 0 N–H and O–H groups in total. The summed E-state index contributed by atoms with van der Waals surface area (Å²) in [6.07, 6.45) is 1.88. The average molecular weight is 651 g/mol. The lowest BCUT2D eigenvalue weighted by Gasteiger charge is -2.29. The van der Waals surface area contributed by atoms with E-state index in [1.807, 2.05) is 12.3 Å². The van der Waals surface area contributed by atoms with Crippen molar-refractivity contribution in [2.45, 2.75) is 0 Å². The van der Waals surface area contributed by atoms with E-state index >= 15 is 0 Å². The Morgan fingerprint density at radius 1 is 0.314 bits per heavy atom. The van der Waals surface area contributed by atoms with Gasteiger partial charge in [0.2, 0.25) is 0 Å². The molecule has 0 spiro atoms. The molecule has 1 aromatic heterocycles. The standard InChI is InChI=1S/C49H34N2/c1-4-16-35(17-5-1)38-27-29-39(30-28-38)48-43-22-10-12-24-45(43)49(46-25-13-11-23-44(46)48)51(47-26-14-15-31-50-47)42-33-40(36-18-6-2-7-19-36)32-41(34-42)37-20-8-3-9-21-37/h1-34H. The summed E-state index contributed by atoms with van der Waals surface area (Å²) in [6.45, 7) is 0. The van der Waals surface area contributed by atoms with Crippen LogP contribution in [0.25, 0.3) is 66.1 Å². The van der Waals surface area contributed by atoms with Crippen molar-refractivity contribution >= 4 is 38.7 Å². The minimum Gasteiger partial charge on any atom is -0.294 e. The van der Waals surface area contributed by atoms with E-state index in [9.17, 15) is 0 Å². The van der Waals surface area contributed by atoms with Crippen LogP contribution in [-0.2, 0) is 0 Å². The van der Waals surface area contributed by atoms with Gasteiger partial charge < -0.3 is 0 Å². The molecule has 1 heterocycles. The van der Waals surface area contributed by atoms with Gasteiger partial charge in [-0.25, -0.2) is 4.98 Å². The molecular weight excluding hydrogens is 617 g/mol. The topological polar surface area (TPSA) is 16.1 Å². The van der Waals surface area contributed by atoms with Gasteiger partial charge >= 0.3 is 0 Å². The molecule has 0 aliphatic rings. The van der Waals surface area contributed by atoms with Crippen molar-refractivity contribution in [2.75, 3.05) is 4.90 Å². The lowest BCUT2D eigenvalue weighted by Crippen LogP contribution is -2.13. The van der Waals surface area contributed by atoms with Gasteiger partial charge in [-0.1, -0.05) is 170 Å². The Morgan fingerprint density at radius 3 is 1.22 bits per heavy atom. The Morgan fingerprint density at radius 2 is 0.725 bits per heavy atom. The highest BCUT2D eigenvalue weighted by Gasteiger charge is 2.23. The van der Waals surface area contributed by atoms with Crippen LogP contribution in [0.1, 0.15) is 0 Å². The van der Waals surface area contributed by atoms with Crippen LogP contribution in [0.4, 0.5) is 17.2 Å². The van der Waals surface area contributed by atoms with Crippen LogP contribution in [0, 0.1) is 0 Å². The fourth-order valence-corrected chi connectivity index (χ4v) is 7.31. The molecule has 240 valence electrons. The van der Waals surface area contributed by atoms with E-state index in [1.54, 1.807) is 0 Å². The average Bonchev–Trinajstić information content (AvgIpc) is 3.22. The van der Waals surface area contributed by atoms with E-state index in [0.717, 1.165) is 39.1 Å². The Hall–Kier alpha value is -6.77. The number of pyridine rings is 1. The normalized spacial score (nSPS) is 11.1. The van der Waals surface area contributed by atoms with Crippen LogP contribution in [0.15, 0.2) is 206 Å². The highest BCUT2D eigenvalue weighted by molar-refractivity contribution is 6.22. The zero-order chi connectivity index (χ0) is 34.0. The van der Waals surface area contributed by atoms with Gasteiger partial charge in [0, 0.05) is 22.7 Å². The van der Waals surface area contributed by atoms with Crippen molar-refractivity contribution < 1.29 is 0 Å². The number of hydrogen-bond acceptors (Lipinski definition) is 2. The van der Waals surface area contributed by atoms with Crippen molar-refractivity contribution in [1.82, 2.24) is 4.98 Å². The van der Waals surface area contributed by atoms with Gasteiger partial charge in [-0.3, -0.25) is 4.90 Å². The van der Waals surface area contributed by atoms with Gasteiger partial charge in [0.1, 0.15) is 5.82 Å². The molecule has 0 bridgehead atoms. The summed E-state index contributed by atoms with van der Waals surface area (Å²) < 4.78 is 0. The fraction of sp³-hybridized carbons (Fsp3) is 0. The van der Waals surface area contributed by atoms with E-state index in [4.69, 9.17) is 4.98 Å². The van der Waals surface area contributed by atoms with Gasteiger partial charge in [0.05, 0.1) is 5.69 Å². The van der Waals surface area contributed by atoms with E-state index in [2.05, 4.69) is 199 Å². The summed E-state index contributed by atoms with van der Waals surface area (Å²) >= 11 is 0. The summed E-state index contributed by atoms with van der Waals surface area (Å²) in [7, 11) is 0. The molecule has 9 rings (SSSR count). The van der Waals surface area contributed by atoms with Crippen LogP contribution < -0.4 is 4.90 Å². The first kappa shape index (κ1) is 30.3. The smallest absolute Gasteiger partial charge is 0.137 e. The van der Waals surface area contributed by atoms with Crippen LogP contribution in [0.3, 0.4) is 0 Å². The fourth-order valence-electron chi connectivity index (χ4n) is 7.31. The second-order valence-electron chi connectivity index (χ2n) is 12.8. The molecule has 0 saturated carbocycles. The second-order valence-corrected chi connectivity index (χ2v) is 12.8. The number of rotatable bonds is 7. The molecule has 51 heavy (non-hydrogen) atoms. The number of hydrogen-bond donors (Lipinski definition) is 0. The monoisotopic (exact) mass is 650 g/mol. The molecule has 9 aromatic rings. The molecule has 0 fully saturated rings. The molecule has 0 aliphatic heterocycles. The van der Waals surface area contributed by atoms with Crippen molar-refractivity contribution in [3.05, 3.63) is 206 Å². The van der Waals surface area contributed by atoms with Gasteiger partial charge in [0.25, 0.3) is 0 Å². The number of fused-ring (bicyclic) bond motifs is 2. The molecule has 0 radical (unpaired) electrons. The lowest BCUT2D eigenvalue weighted by molar-refractivity contribution is 1.19. The third-order valence-corrected chi connectivity index (χ3v) is 9.68. The van der Waals surface area contributed by atoms with E-state index in [-0.39, 0.29) is 0 Å². The second kappa shape index (κ2) is 13.3. The Balaban J connectivity index is 1.33. The van der Waals surface area contributed by atoms with Crippen molar-refractivity contribution in [3.8, 4) is 44.5 Å². The first-order valence-corrected chi connectivity index (χ1v) is 17.4. The van der Waals surface area contributed by atoms with Crippen LogP contribution in [0.5, 0.6) is 0 Å². The lowest BCUT2D eigenvalue weighted by atomic mass is 9.89. The van der Waals surface area contributed by atoms with Crippen molar-refractivity contribution in [2.24, 2.45) is 0 Å². The molecule has 2 heteroatoms. The maximum atomic E-state index is 5.00. The Labute approximate surface area is 298 Å². The molecule has 0 atom stereocenters. The van der Waals surface area contributed by atoms with Crippen molar-refractivity contribution in [1.29, 1.82) is 0 Å². The van der Waals surface area contributed by atoms with Crippen LogP contribution >= 0.6 is 0 Å². The van der Waals surface area contributed by atoms with E-state index in [1.165, 1.54) is 44.2 Å². The molecule has 0 amide bonds.